The minimum Gasteiger partial charge on any atom is -0.344 e. The summed E-state index contributed by atoms with van der Waals surface area (Å²) in [5.41, 5.74) is 3.00. The molecule has 4 rings (SSSR count). The molecule has 2 heterocycles. The van der Waals surface area contributed by atoms with Crippen molar-refractivity contribution >= 4 is 5.91 Å². The lowest BCUT2D eigenvalue weighted by Crippen LogP contribution is -2.24. The highest BCUT2D eigenvalue weighted by Crippen LogP contribution is 2.16. The average Bonchev–Trinajstić information content (AvgIpc) is 3.24. The minimum atomic E-state index is -0.572. The van der Waals surface area contributed by atoms with E-state index in [0.717, 1.165) is 16.7 Å². The fourth-order valence-electron chi connectivity index (χ4n) is 2.85. The lowest BCUT2D eigenvalue weighted by atomic mass is 10.1. The smallest absolute Gasteiger partial charge is 0.316 e. The van der Waals surface area contributed by atoms with Crippen LogP contribution >= 0.6 is 0 Å². The van der Waals surface area contributed by atoms with Crippen molar-refractivity contribution in [1.29, 1.82) is 0 Å². The fraction of sp³-hybridized carbons (Fsp3) is 0.136. The Labute approximate surface area is 176 Å². The summed E-state index contributed by atoms with van der Waals surface area (Å²) in [4.78, 5) is 28.4. The highest BCUT2D eigenvalue weighted by molar-refractivity contribution is 5.89. The Hall–Kier alpha value is -4.14. The van der Waals surface area contributed by atoms with Gasteiger partial charge in [-0.1, -0.05) is 47.1 Å². The van der Waals surface area contributed by atoms with Crippen LogP contribution in [0.2, 0.25) is 0 Å². The van der Waals surface area contributed by atoms with E-state index in [1.165, 1.54) is 22.9 Å². The molecule has 2 aromatic carbocycles. The average molecular weight is 419 g/mol. The molecule has 156 valence electrons. The number of rotatable bonds is 6. The number of aryl methyl sites for hydroxylation is 1. The topological polar surface area (TPSA) is 103 Å². The first-order chi connectivity index (χ1) is 15.0. The summed E-state index contributed by atoms with van der Waals surface area (Å²) < 4.78 is 19.2. The summed E-state index contributed by atoms with van der Waals surface area (Å²) in [7, 11) is 0. The van der Waals surface area contributed by atoms with E-state index in [0.29, 0.717) is 5.69 Å². The van der Waals surface area contributed by atoms with Crippen LogP contribution in [0.25, 0.3) is 11.3 Å². The lowest BCUT2D eigenvalue weighted by molar-refractivity contribution is 0.0907. The normalized spacial score (nSPS) is 10.8. The standard InChI is InChI=1S/C22H18FN5O3/c1-14-2-6-16(7-3-14)18-10-11-20(29)28(26-18)13-19-25-22(31-27-19)21(30)24-12-15-4-8-17(23)9-5-15/h2-11H,12-13H2,1H3,(H,24,30). The third kappa shape index (κ3) is 4.89. The Morgan fingerprint density at radius 3 is 2.55 bits per heavy atom. The molecule has 0 atom stereocenters. The van der Waals surface area contributed by atoms with Gasteiger partial charge in [-0.2, -0.15) is 10.1 Å². The Bertz CT molecular complexity index is 1260. The molecule has 31 heavy (non-hydrogen) atoms. The summed E-state index contributed by atoms with van der Waals surface area (Å²) in [6, 6.07) is 16.6. The van der Waals surface area contributed by atoms with Gasteiger partial charge in [0.15, 0.2) is 5.82 Å². The van der Waals surface area contributed by atoms with Crippen molar-refractivity contribution in [2.75, 3.05) is 0 Å². The molecule has 0 aliphatic carbocycles. The van der Waals surface area contributed by atoms with Crippen LogP contribution in [0.4, 0.5) is 4.39 Å². The molecule has 0 fully saturated rings. The number of hydrogen-bond acceptors (Lipinski definition) is 6. The number of benzene rings is 2. The number of halogens is 1. The summed E-state index contributed by atoms with van der Waals surface area (Å²) in [5.74, 6) is -1.02. The Morgan fingerprint density at radius 2 is 1.81 bits per heavy atom. The Balaban J connectivity index is 1.45. The SMILES string of the molecule is Cc1ccc(-c2ccc(=O)n(Cc3noc(C(=O)NCc4ccc(F)cc4)n3)n2)cc1. The molecular formula is C22H18FN5O3. The molecule has 0 unspecified atom stereocenters. The van der Waals surface area contributed by atoms with Crippen LogP contribution in [0.1, 0.15) is 27.6 Å². The number of hydrogen-bond donors (Lipinski definition) is 1. The van der Waals surface area contributed by atoms with Gasteiger partial charge in [0.05, 0.1) is 5.69 Å². The first-order valence-electron chi connectivity index (χ1n) is 9.48. The Kier molecular flexibility index (Phi) is 5.65. The molecular weight excluding hydrogens is 401 g/mol. The predicted molar refractivity (Wildman–Crippen MR) is 110 cm³/mol. The molecule has 0 saturated carbocycles. The van der Waals surface area contributed by atoms with E-state index >= 15 is 0 Å². The molecule has 0 aliphatic heterocycles. The van der Waals surface area contributed by atoms with E-state index < -0.39 is 5.91 Å². The van der Waals surface area contributed by atoms with Gasteiger partial charge in [-0.3, -0.25) is 9.59 Å². The summed E-state index contributed by atoms with van der Waals surface area (Å²) in [6.45, 7) is 2.12. The van der Waals surface area contributed by atoms with E-state index in [1.807, 2.05) is 31.2 Å². The maximum absolute atomic E-state index is 12.9. The monoisotopic (exact) mass is 419 g/mol. The largest absolute Gasteiger partial charge is 0.344 e. The van der Waals surface area contributed by atoms with Gasteiger partial charge in [-0.25, -0.2) is 9.07 Å². The zero-order valence-electron chi connectivity index (χ0n) is 16.6. The molecule has 1 amide bonds. The molecule has 0 bridgehead atoms. The summed E-state index contributed by atoms with van der Waals surface area (Å²) >= 11 is 0. The summed E-state index contributed by atoms with van der Waals surface area (Å²) in [5, 5.41) is 10.7. The molecule has 0 saturated heterocycles. The van der Waals surface area contributed by atoms with Crippen LogP contribution < -0.4 is 10.9 Å². The highest BCUT2D eigenvalue weighted by Gasteiger charge is 2.16. The first-order valence-corrected chi connectivity index (χ1v) is 9.48. The predicted octanol–water partition coefficient (Wildman–Crippen LogP) is 2.72. The van der Waals surface area contributed by atoms with Gasteiger partial charge < -0.3 is 9.84 Å². The third-order valence-electron chi connectivity index (χ3n) is 4.53. The van der Waals surface area contributed by atoms with Gasteiger partial charge in [0.1, 0.15) is 12.4 Å². The highest BCUT2D eigenvalue weighted by atomic mass is 19.1. The molecule has 0 spiro atoms. The molecule has 9 heteroatoms. The molecule has 0 radical (unpaired) electrons. The molecule has 4 aromatic rings. The number of carbonyl (C=O) groups is 1. The van der Waals surface area contributed by atoms with E-state index in [2.05, 4.69) is 20.6 Å². The van der Waals surface area contributed by atoms with Crippen molar-refractivity contribution < 1.29 is 13.7 Å². The molecule has 8 nitrogen and oxygen atoms in total. The number of nitrogens with one attached hydrogen (secondary N) is 1. The van der Waals surface area contributed by atoms with Crippen LogP contribution in [-0.2, 0) is 13.1 Å². The second kappa shape index (κ2) is 8.70. The zero-order chi connectivity index (χ0) is 21.8. The van der Waals surface area contributed by atoms with Crippen molar-refractivity contribution in [1.82, 2.24) is 25.2 Å². The van der Waals surface area contributed by atoms with Crippen LogP contribution in [-0.4, -0.2) is 25.8 Å². The number of amides is 1. The van der Waals surface area contributed by atoms with Crippen LogP contribution in [0.5, 0.6) is 0 Å². The van der Waals surface area contributed by atoms with Crippen LogP contribution in [0, 0.1) is 12.7 Å². The maximum atomic E-state index is 12.9. The lowest BCUT2D eigenvalue weighted by Gasteiger charge is -2.05. The van der Waals surface area contributed by atoms with Gasteiger partial charge in [-0.05, 0) is 30.7 Å². The van der Waals surface area contributed by atoms with Crippen LogP contribution in [0.15, 0.2) is 70.0 Å². The Morgan fingerprint density at radius 1 is 1.06 bits per heavy atom. The quantitative estimate of drug-likeness (QED) is 0.516. The van der Waals surface area contributed by atoms with E-state index in [-0.39, 0.29) is 36.2 Å². The first kappa shape index (κ1) is 20.1. The fourth-order valence-corrected chi connectivity index (χ4v) is 2.85. The van der Waals surface area contributed by atoms with Crippen molar-refractivity contribution in [2.45, 2.75) is 20.0 Å². The van der Waals surface area contributed by atoms with E-state index in [1.54, 1.807) is 18.2 Å². The maximum Gasteiger partial charge on any atom is 0.316 e. The third-order valence-corrected chi connectivity index (χ3v) is 4.53. The molecule has 0 aliphatic rings. The van der Waals surface area contributed by atoms with Gasteiger partial charge in [0.2, 0.25) is 0 Å². The van der Waals surface area contributed by atoms with Gasteiger partial charge in [0.25, 0.3) is 5.56 Å². The van der Waals surface area contributed by atoms with Gasteiger partial charge in [0, 0.05) is 18.2 Å². The van der Waals surface area contributed by atoms with Crippen molar-refractivity contribution in [3.8, 4) is 11.3 Å². The second-order valence-corrected chi connectivity index (χ2v) is 6.91. The summed E-state index contributed by atoms with van der Waals surface area (Å²) in [6.07, 6.45) is 0. The number of nitrogens with zero attached hydrogens (tertiary/aromatic N) is 4. The molecule has 1 N–H and O–H groups in total. The molecule has 2 aromatic heterocycles. The van der Waals surface area contributed by atoms with Gasteiger partial charge >= 0.3 is 11.8 Å². The van der Waals surface area contributed by atoms with E-state index in [9.17, 15) is 14.0 Å². The zero-order valence-corrected chi connectivity index (χ0v) is 16.6. The number of aromatic nitrogens is 4. The van der Waals surface area contributed by atoms with Gasteiger partial charge in [-0.15, -0.1) is 0 Å². The van der Waals surface area contributed by atoms with Crippen molar-refractivity contribution in [2.24, 2.45) is 0 Å². The van der Waals surface area contributed by atoms with Crippen molar-refractivity contribution in [3.63, 3.8) is 0 Å². The van der Waals surface area contributed by atoms with Crippen molar-refractivity contribution in [3.05, 3.63) is 99.7 Å². The van der Waals surface area contributed by atoms with E-state index in [4.69, 9.17) is 4.52 Å². The van der Waals surface area contributed by atoms with Crippen LogP contribution in [0.3, 0.4) is 0 Å². The second-order valence-electron chi connectivity index (χ2n) is 6.91. The minimum absolute atomic E-state index is 0.0483. The number of carbonyl (C=O) groups excluding carboxylic acids is 1.